The molecule has 126 valence electrons. The van der Waals surface area contributed by atoms with E-state index in [4.69, 9.17) is 15.6 Å². The second kappa shape index (κ2) is 7.93. The molecule has 2 amide bonds. The Morgan fingerprint density at radius 2 is 1.83 bits per heavy atom. The summed E-state index contributed by atoms with van der Waals surface area (Å²) in [4.78, 5) is 37.8. The number of hydrogen-bond acceptors (Lipinski definition) is 5. The second-order valence-corrected chi connectivity index (χ2v) is 4.93. The van der Waals surface area contributed by atoms with Gasteiger partial charge in [-0.2, -0.15) is 5.48 Å². The number of hydroxylamine groups is 1. The average molecular weight is 332 g/mol. The second-order valence-electron chi connectivity index (χ2n) is 4.93. The van der Waals surface area contributed by atoms with Gasteiger partial charge in [-0.25, -0.2) is 9.59 Å². The Morgan fingerprint density at radius 3 is 2.54 bits per heavy atom. The van der Waals surface area contributed by atoms with E-state index in [-0.39, 0.29) is 6.61 Å². The number of nitrogens with one attached hydrogen (secondary N) is 1. The summed E-state index contributed by atoms with van der Waals surface area (Å²) in [6, 6.07) is 13.2. The summed E-state index contributed by atoms with van der Waals surface area (Å²) in [6.45, 7) is -0.0237. The number of rotatable bonds is 7. The minimum absolute atomic E-state index is 0.0237. The maximum Gasteiger partial charge on any atom is 0.431 e. The van der Waals surface area contributed by atoms with Gasteiger partial charge >= 0.3 is 12.1 Å². The summed E-state index contributed by atoms with van der Waals surface area (Å²) < 4.78 is 4.99. The summed E-state index contributed by atoms with van der Waals surface area (Å²) >= 11 is 0. The monoisotopic (exact) mass is 332 g/mol. The SMILES string of the molecule is NC(=O)C[C@H](ONC(=O)OCc1cccc2ccccc12)C(=O)O. The molecule has 0 aliphatic rings. The molecule has 0 saturated heterocycles. The molecule has 0 unspecified atom stereocenters. The van der Waals surface area contributed by atoms with Crippen molar-refractivity contribution in [3.05, 3.63) is 48.0 Å². The molecule has 24 heavy (non-hydrogen) atoms. The molecule has 0 spiro atoms. The van der Waals surface area contributed by atoms with Crippen LogP contribution in [0, 0.1) is 0 Å². The molecule has 0 bridgehead atoms. The number of amides is 2. The van der Waals surface area contributed by atoms with Crippen molar-refractivity contribution in [2.24, 2.45) is 5.73 Å². The Morgan fingerprint density at radius 1 is 1.12 bits per heavy atom. The van der Waals surface area contributed by atoms with Gasteiger partial charge in [-0.3, -0.25) is 9.63 Å². The highest BCUT2D eigenvalue weighted by Crippen LogP contribution is 2.19. The van der Waals surface area contributed by atoms with Gasteiger partial charge in [0.2, 0.25) is 5.91 Å². The highest BCUT2D eigenvalue weighted by molar-refractivity contribution is 5.85. The number of carboxylic acids is 1. The molecule has 0 aromatic heterocycles. The van der Waals surface area contributed by atoms with E-state index in [0.717, 1.165) is 16.3 Å². The fourth-order valence-corrected chi connectivity index (χ4v) is 2.07. The first-order valence-electron chi connectivity index (χ1n) is 7.03. The first-order chi connectivity index (χ1) is 11.5. The van der Waals surface area contributed by atoms with Crippen molar-refractivity contribution in [3.63, 3.8) is 0 Å². The molecule has 0 radical (unpaired) electrons. The molecular formula is C16H16N2O6. The van der Waals surface area contributed by atoms with Crippen molar-refractivity contribution in [3.8, 4) is 0 Å². The van der Waals surface area contributed by atoms with Crippen molar-refractivity contribution in [1.82, 2.24) is 5.48 Å². The van der Waals surface area contributed by atoms with Crippen LogP contribution in [0.25, 0.3) is 10.8 Å². The van der Waals surface area contributed by atoms with Crippen LogP contribution in [0.2, 0.25) is 0 Å². The fraction of sp³-hybridized carbons (Fsp3) is 0.188. The number of ether oxygens (including phenoxy) is 1. The zero-order valence-corrected chi connectivity index (χ0v) is 12.6. The Balaban J connectivity index is 1.90. The Labute approximate surface area is 137 Å². The number of hydrogen-bond donors (Lipinski definition) is 3. The van der Waals surface area contributed by atoms with Gasteiger partial charge in [-0.05, 0) is 16.3 Å². The zero-order valence-electron chi connectivity index (χ0n) is 12.6. The van der Waals surface area contributed by atoms with Crippen molar-refractivity contribution in [2.75, 3.05) is 0 Å². The highest BCUT2D eigenvalue weighted by atomic mass is 16.7. The first-order valence-corrected chi connectivity index (χ1v) is 7.03. The summed E-state index contributed by atoms with van der Waals surface area (Å²) in [5, 5.41) is 10.8. The third-order valence-electron chi connectivity index (χ3n) is 3.19. The minimum Gasteiger partial charge on any atom is -0.479 e. The van der Waals surface area contributed by atoms with E-state index in [0.29, 0.717) is 0 Å². The lowest BCUT2D eigenvalue weighted by atomic mass is 10.1. The van der Waals surface area contributed by atoms with Crippen LogP contribution in [0.5, 0.6) is 0 Å². The molecule has 2 rings (SSSR count). The number of benzene rings is 2. The number of primary amides is 1. The molecule has 2 aromatic rings. The van der Waals surface area contributed by atoms with Gasteiger partial charge in [0.15, 0.2) is 6.10 Å². The van der Waals surface area contributed by atoms with Gasteiger partial charge in [0.05, 0.1) is 6.42 Å². The van der Waals surface area contributed by atoms with Crippen molar-refractivity contribution >= 4 is 28.7 Å². The van der Waals surface area contributed by atoms with Gasteiger partial charge in [-0.1, -0.05) is 42.5 Å². The largest absolute Gasteiger partial charge is 0.479 e. The smallest absolute Gasteiger partial charge is 0.431 e. The van der Waals surface area contributed by atoms with Crippen molar-refractivity contribution < 1.29 is 29.1 Å². The van der Waals surface area contributed by atoms with Crippen molar-refractivity contribution in [1.29, 1.82) is 0 Å². The Bertz CT molecular complexity index is 756. The van der Waals surface area contributed by atoms with E-state index >= 15 is 0 Å². The maximum atomic E-state index is 11.6. The lowest BCUT2D eigenvalue weighted by Gasteiger charge is -2.13. The van der Waals surface area contributed by atoms with E-state index in [1.54, 1.807) is 0 Å². The van der Waals surface area contributed by atoms with Crippen LogP contribution >= 0.6 is 0 Å². The predicted molar refractivity (Wildman–Crippen MR) is 83.6 cm³/mol. The average Bonchev–Trinajstić information content (AvgIpc) is 2.56. The molecule has 0 saturated carbocycles. The Hall–Kier alpha value is -3.13. The summed E-state index contributed by atoms with van der Waals surface area (Å²) in [6.07, 6.45) is -3.12. The molecule has 0 heterocycles. The van der Waals surface area contributed by atoms with Gasteiger partial charge in [0.1, 0.15) is 6.61 Å². The molecule has 8 nitrogen and oxygen atoms in total. The summed E-state index contributed by atoms with van der Waals surface area (Å²) in [5.74, 6) is -2.29. The normalized spacial score (nSPS) is 11.7. The summed E-state index contributed by atoms with van der Waals surface area (Å²) in [5.41, 5.74) is 7.52. The molecule has 2 aromatic carbocycles. The molecule has 0 aliphatic carbocycles. The van der Waals surface area contributed by atoms with Crippen LogP contribution in [-0.4, -0.2) is 29.2 Å². The van der Waals surface area contributed by atoms with Gasteiger partial charge in [0.25, 0.3) is 0 Å². The topological polar surface area (TPSA) is 128 Å². The number of carboxylic acid groups (broad SMARTS) is 1. The van der Waals surface area contributed by atoms with E-state index in [1.807, 2.05) is 47.9 Å². The van der Waals surface area contributed by atoms with Crippen LogP contribution in [-0.2, 0) is 25.8 Å². The van der Waals surface area contributed by atoms with Gasteiger partial charge < -0.3 is 15.6 Å². The summed E-state index contributed by atoms with van der Waals surface area (Å²) in [7, 11) is 0. The van der Waals surface area contributed by atoms with Crippen LogP contribution in [0.4, 0.5) is 4.79 Å². The molecule has 0 fully saturated rings. The number of aliphatic carboxylic acids is 1. The third kappa shape index (κ3) is 4.68. The molecular weight excluding hydrogens is 316 g/mol. The third-order valence-corrected chi connectivity index (χ3v) is 3.19. The minimum atomic E-state index is -1.58. The quantitative estimate of drug-likeness (QED) is 0.656. The Kier molecular flexibility index (Phi) is 5.69. The number of fused-ring (bicyclic) bond motifs is 1. The van der Waals surface area contributed by atoms with Crippen LogP contribution < -0.4 is 11.2 Å². The molecule has 0 aliphatic heterocycles. The van der Waals surface area contributed by atoms with E-state index in [2.05, 4.69) is 4.84 Å². The maximum absolute atomic E-state index is 11.6. The number of nitrogens with two attached hydrogens (primary N) is 1. The van der Waals surface area contributed by atoms with Crippen LogP contribution in [0.3, 0.4) is 0 Å². The molecule has 4 N–H and O–H groups in total. The van der Waals surface area contributed by atoms with Gasteiger partial charge in [0, 0.05) is 0 Å². The van der Waals surface area contributed by atoms with Crippen LogP contribution in [0.1, 0.15) is 12.0 Å². The van der Waals surface area contributed by atoms with Crippen molar-refractivity contribution in [2.45, 2.75) is 19.1 Å². The number of carbonyl (C=O) groups excluding carboxylic acids is 2. The van der Waals surface area contributed by atoms with E-state index in [1.165, 1.54) is 0 Å². The van der Waals surface area contributed by atoms with Gasteiger partial charge in [-0.15, -0.1) is 0 Å². The standard InChI is InChI=1S/C16H16N2O6/c17-14(19)8-13(15(20)21)24-18-16(22)23-9-11-6-3-5-10-4-1-2-7-12(10)11/h1-7,13H,8-9H2,(H2,17,19)(H,18,22)(H,20,21)/t13-/m0/s1. The van der Waals surface area contributed by atoms with E-state index < -0.39 is 30.5 Å². The first kappa shape index (κ1) is 17.2. The zero-order chi connectivity index (χ0) is 17.5. The highest BCUT2D eigenvalue weighted by Gasteiger charge is 2.22. The van der Waals surface area contributed by atoms with Crippen LogP contribution in [0.15, 0.2) is 42.5 Å². The lowest BCUT2D eigenvalue weighted by molar-refractivity contribution is -0.157. The molecule has 8 heteroatoms. The fourth-order valence-electron chi connectivity index (χ4n) is 2.07. The van der Waals surface area contributed by atoms with E-state index in [9.17, 15) is 14.4 Å². The predicted octanol–water partition coefficient (Wildman–Crippen LogP) is 1.33. The number of carbonyl (C=O) groups is 3. The molecule has 1 atom stereocenters. The lowest BCUT2D eigenvalue weighted by Crippen LogP contribution is -2.37.